The summed E-state index contributed by atoms with van der Waals surface area (Å²) in [7, 11) is 0. The fraction of sp³-hybridized carbons (Fsp3) is 0.267. The van der Waals surface area contributed by atoms with Crippen LogP contribution in [0.25, 0.3) is 21.5 Å². The first-order valence-electron chi connectivity index (χ1n) is 6.81. The van der Waals surface area contributed by atoms with Crippen LogP contribution in [-0.2, 0) is 4.79 Å². The molecule has 0 saturated heterocycles. The van der Waals surface area contributed by atoms with Gasteiger partial charge in [-0.25, -0.2) is 9.78 Å². The van der Waals surface area contributed by atoms with Gasteiger partial charge in [-0.3, -0.25) is 9.36 Å². The average molecular weight is 318 g/mol. The van der Waals surface area contributed by atoms with Gasteiger partial charge in [-0.2, -0.15) is 0 Å². The summed E-state index contributed by atoms with van der Waals surface area (Å²) in [4.78, 5) is 29.3. The van der Waals surface area contributed by atoms with Crippen LogP contribution in [0.3, 0.4) is 0 Å². The number of carboxylic acids is 1. The van der Waals surface area contributed by atoms with Crippen molar-refractivity contribution in [1.82, 2.24) is 9.55 Å². The number of furan rings is 1. The largest absolute Gasteiger partial charge is 0.480 e. The molecule has 0 fully saturated rings. The topological polar surface area (TPSA) is 85.3 Å². The molecule has 0 radical (unpaired) electrons. The van der Waals surface area contributed by atoms with Gasteiger partial charge in [-0.15, -0.1) is 11.3 Å². The third-order valence-corrected chi connectivity index (χ3v) is 4.46. The van der Waals surface area contributed by atoms with Crippen molar-refractivity contribution in [3.8, 4) is 11.3 Å². The smallest absolute Gasteiger partial charge is 0.326 e. The molecule has 3 aromatic rings. The molecule has 0 aliphatic rings. The second-order valence-corrected chi connectivity index (χ2v) is 5.76. The quantitative estimate of drug-likeness (QED) is 0.799. The van der Waals surface area contributed by atoms with Gasteiger partial charge in [-0.05, 0) is 25.5 Å². The number of aromatic nitrogens is 2. The van der Waals surface area contributed by atoms with E-state index in [2.05, 4.69) is 4.98 Å². The number of hydrogen-bond donors (Lipinski definition) is 1. The number of carboxylic acid groups (broad SMARTS) is 1. The zero-order chi connectivity index (χ0) is 15.9. The highest BCUT2D eigenvalue weighted by Crippen LogP contribution is 2.31. The zero-order valence-corrected chi connectivity index (χ0v) is 12.9. The molecule has 1 N–H and O–H groups in total. The van der Waals surface area contributed by atoms with Crippen LogP contribution in [-0.4, -0.2) is 20.6 Å². The number of nitrogens with zero attached hydrogens (tertiary/aromatic N) is 2. The molecule has 0 saturated carbocycles. The van der Waals surface area contributed by atoms with Crippen LogP contribution in [0.1, 0.15) is 25.2 Å². The van der Waals surface area contributed by atoms with E-state index in [9.17, 15) is 14.7 Å². The van der Waals surface area contributed by atoms with Crippen molar-refractivity contribution in [3.63, 3.8) is 0 Å². The van der Waals surface area contributed by atoms with Crippen molar-refractivity contribution in [2.45, 2.75) is 26.3 Å². The molecule has 3 heterocycles. The monoisotopic (exact) mass is 318 g/mol. The molecular formula is C15H14N2O4S. The minimum Gasteiger partial charge on any atom is -0.480 e. The van der Waals surface area contributed by atoms with Gasteiger partial charge in [0.15, 0.2) is 0 Å². The predicted octanol–water partition coefficient (Wildman–Crippen LogP) is 3.06. The van der Waals surface area contributed by atoms with Crippen LogP contribution < -0.4 is 5.56 Å². The normalized spacial score (nSPS) is 12.6. The molecule has 0 amide bonds. The maximum Gasteiger partial charge on any atom is 0.326 e. The Kier molecular flexibility index (Phi) is 3.58. The van der Waals surface area contributed by atoms with Crippen LogP contribution in [0.15, 0.2) is 33.0 Å². The highest BCUT2D eigenvalue weighted by atomic mass is 32.1. The summed E-state index contributed by atoms with van der Waals surface area (Å²) in [5.41, 5.74) is 0.306. The van der Waals surface area contributed by atoms with E-state index in [0.29, 0.717) is 33.8 Å². The van der Waals surface area contributed by atoms with Crippen molar-refractivity contribution < 1.29 is 14.3 Å². The second kappa shape index (κ2) is 5.42. The Bertz CT molecular complexity index is 892. The molecule has 3 rings (SSSR count). The SMILES string of the molecule is CCC(C(=O)O)n1c(C)nc2scc(-c3ccco3)c2c1=O. The van der Waals surface area contributed by atoms with Crippen LogP contribution in [0, 0.1) is 6.92 Å². The lowest BCUT2D eigenvalue weighted by Gasteiger charge is -2.16. The fourth-order valence-electron chi connectivity index (χ4n) is 2.55. The molecule has 0 aliphatic carbocycles. The van der Waals surface area contributed by atoms with Crippen molar-refractivity contribution in [2.24, 2.45) is 0 Å². The van der Waals surface area contributed by atoms with Crippen molar-refractivity contribution >= 4 is 27.5 Å². The van der Waals surface area contributed by atoms with Gasteiger partial charge in [-0.1, -0.05) is 6.92 Å². The number of aryl methyl sites for hydroxylation is 1. The summed E-state index contributed by atoms with van der Waals surface area (Å²) in [6, 6.07) is 2.58. The molecule has 1 atom stereocenters. The maximum absolute atomic E-state index is 12.9. The zero-order valence-electron chi connectivity index (χ0n) is 12.1. The van der Waals surface area contributed by atoms with E-state index in [0.717, 1.165) is 0 Å². The Morgan fingerprint density at radius 3 is 2.91 bits per heavy atom. The highest BCUT2D eigenvalue weighted by Gasteiger charge is 2.24. The van der Waals surface area contributed by atoms with Crippen molar-refractivity contribution in [3.05, 3.63) is 40.0 Å². The first-order chi connectivity index (χ1) is 10.5. The summed E-state index contributed by atoms with van der Waals surface area (Å²) in [5, 5.41) is 11.6. The lowest BCUT2D eigenvalue weighted by Crippen LogP contribution is -2.32. The minimum atomic E-state index is -1.04. The van der Waals surface area contributed by atoms with E-state index >= 15 is 0 Å². The highest BCUT2D eigenvalue weighted by molar-refractivity contribution is 7.17. The molecule has 6 nitrogen and oxygen atoms in total. The van der Waals surface area contributed by atoms with Gasteiger partial charge >= 0.3 is 5.97 Å². The molecule has 0 aliphatic heterocycles. The molecule has 0 spiro atoms. The van der Waals surface area contributed by atoms with Crippen LogP contribution in [0.5, 0.6) is 0 Å². The van der Waals surface area contributed by atoms with Gasteiger partial charge in [0.1, 0.15) is 22.5 Å². The van der Waals surface area contributed by atoms with Crippen molar-refractivity contribution in [1.29, 1.82) is 0 Å². The van der Waals surface area contributed by atoms with Crippen LogP contribution in [0.4, 0.5) is 0 Å². The molecule has 0 aromatic carbocycles. The molecule has 0 bridgehead atoms. The average Bonchev–Trinajstić information content (AvgIpc) is 3.11. The number of rotatable bonds is 4. The Hall–Kier alpha value is -2.41. The van der Waals surface area contributed by atoms with Gasteiger partial charge in [0.25, 0.3) is 5.56 Å². The standard InChI is InChI=1S/C15H14N2O4S/c1-3-10(15(19)20)17-8(2)16-13-12(14(17)18)9(7-22-13)11-5-4-6-21-11/h4-7,10H,3H2,1-2H3,(H,19,20). The van der Waals surface area contributed by atoms with Gasteiger partial charge < -0.3 is 9.52 Å². The van der Waals surface area contributed by atoms with E-state index in [1.165, 1.54) is 22.2 Å². The van der Waals surface area contributed by atoms with Crippen molar-refractivity contribution in [2.75, 3.05) is 0 Å². The summed E-state index contributed by atoms with van der Waals surface area (Å²) >= 11 is 1.35. The number of carbonyl (C=O) groups is 1. The number of hydrogen-bond acceptors (Lipinski definition) is 5. The molecular weight excluding hydrogens is 304 g/mol. The predicted molar refractivity (Wildman–Crippen MR) is 83.3 cm³/mol. The van der Waals surface area contributed by atoms with E-state index in [-0.39, 0.29) is 5.56 Å². The number of fused-ring (bicyclic) bond motifs is 1. The van der Waals surface area contributed by atoms with E-state index in [1.807, 2.05) is 5.38 Å². The fourth-order valence-corrected chi connectivity index (χ4v) is 3.52. The van der Waals surface area contributed by atoms with Gasteiger partial charge in [0, 0.05) is 10.9 Å². The first-order valence-corrected chi connectivity index (χ1v) is 7.69. The molecule has 3 aromatic heterocycles. The number of thiophene rings is 1. The third kappa shape index (κ3) is 2.14. The lowest BCUT2D eigenvalue weighted by molar-refractivity contribution is -0.141. The van der Waals surface area contributed by atoms with E-state index in [1.54, 1.807) is 26.0 Å². The Balaban J connectivity index is 2.34. The maximum atomic E-state index is 12.9. The summed E-state index contributed by atoms with van der Waals surface area (Å²) < 4.78 is 6.61. The summed E-state index contributed by atoms with van der Waals surface area (Å²) in [6.07, 6.45) is 1.84. The molecule has 7 heteroatoms. The molecule has 22 heavy (non-hydrogen) atoms. The minimum absolute atomic E-state index is 0.309. The van der Waals surface area contributed by atoms with Crippen LogP contribution >= 0.6 is 11.3 Å². The Labute approximate surface area is 129 Å². The third-order valence-electron chi connectivity index (χ3n) is 3.59. The lowest BCUT2D eigenvalue weighted by atomic mass is 10.1. The molecule has 1 unspecified atom stereocenters. The Morgan fingerprint density at radius 1 is 1.55 bits per heavy atom. The molecule has 114 valence electrons. The summed E-state index contributed by atoms with van der Waals surface area (Å²) in [6.45, 7) is 3.38. The van der Waals surface area contributed by atoms with Gasteiger partial charge in [0.05, 0.1) is 11.6 Å². The summed E-state index contributed by atoms with van der Waals surface area (Å²) in [5.74, 6) is -0.0628. The van der Waals surface area contributed by atoms with E-state index in [4.69, 9.17) is 4.42 Å². The number of aliphatic carboxylic acids is 1. The van der Waals surface area contributed by atoms with E-state index < -0.39 is 12.0 Å². The Morgan fingerprint density at radius 2 is 2.32 bits per heavy atom. The van der Waals surface area contributed by atoms with Crippen LogP contribution in [0.2, 0.25) is 0 Å². The second-order valence-electron chi connectivity index (χ2n) is 4.90. The van der Waals surface area contributed by atoms with Gasteiger partial charge in [0.2, 0.25) is 0 Å². The first kappa shape index (κ1) is 14.5.